The molecule has 3 aliphatic rings. The first-order valence-corrected chi connectivity index (χ1v) is 10.4. The number of rotatable bonds is 5. The number of esters is 1. The van der Waals surface area contributed by atoms with Gasteiger partial charge in [-0.25, -0.2) is 9.18 Å². The average molecular weight is 421 g/mol. The molecular formula is C24H20FNO5. The van der Waals surface area contributed by atoms with Crippen LogP contribution in [0.3, 0.4) is 0 Å². The van der Waals surface area contributed by atoms with Crippen molar-refractivity contribution < 1.29 is 28.3 Å². The van der Waals surface area contributed by atoms with Crippen molar-refractivity contribution in [2.45, 2.75) is 19.3 Å². The van der Waals surface area contributed by atoms with Crippen molar-refractivity contribution in [2.75, 3.05) is 11.5 Å². The minimum absolute atomic E-state index is 0.144. The standard InChI is InChI=1S/C24H20FNO5/c25-17-8-6-13(7-9-17)19(27)12-31-24(30)16-2-1-3-18(11-16)26-22(28)20-14-4-5-15(10-14)21(20)23(26)29/h1-3,6-9,11,14-15,20-21H,4-5,10,12H2. The van der Waals surface area contributed by atoms with Gasteiger partial charge in [0, 0.05) is 5.56 Å². The van der Waals surface area contributed by atoms with Crippen molar-refractivity contribution in [1.82, 2.24) is 0 Å². The van der Waals surface area contributed by atoms with Crippen molar-refractivity contribution in [1.29, 1.82) is 0 Å². The number of ketones is 1. The van der Waals surface area contributed by atoms with E-state index in [9.17, 15) is 23.6 Å². The topological polar surface area (TPSA) is 80.8 Å². The van der Waals surface area contributed by atoms with Crippen molar-refractivity contribution in [3.05, 3.63) is 65.5 Å². The molecular weight excluding hydrogens is 401 g/mol. The molecule has 2 aliphatic carbocycles. The van der Waals surface area contributed by atoms with E-state index >= 15 is 0 Å². The molecule has 0 aromatic heterocycles. The molecule has 0 radical (unpaired) electrons. The molecule has 5 rings (SSSR count). The molecule has 3 fully saturated rings. The number of benzene rings is 2. The van der Waals surface area contributed by atoms with E-state index in [4.69, 9.17) is 4.74 Å². The molecule has 1 aliphatic heterocycles. The number of hydrogen-bond acceptors (Lipinski definition) is 5. The Hall–Kier alpha value is -3.35. The number of fused-ring (bicyclic) bond motifs is 5. The summed E-state index contributed by atoms with van der Waals surface area (Å²) in [5.41, 5.74) is 0.727. The van der Waals surface area contributed by atoms with Gasteiger partial charge in [-0.1, -0.05) is 6.07 Å². The maximum atomic E-state index is 13.0. The van der Waals surface area contributed by atoms with Crippen LogP contribution in [0.4, 0.5) is 10.1 Å². The number of nitrogens with zero attached hydrogens (tertiary/aromatic N) is 1. The van der Waals surface area contributed by atoms with Crippen LogP contribution in [0.15, 0.2) is 48.5 Å². The Bertz CT molecular complexity index is 1070. The maximum Gasteiger partial charge on any atom is 0.338 e. The lowest BCUT2D eigenvalue weighted by molar-refractivity contribution is -0.123. The van der Waals surface area contributed by atoms with E-state index in [1.165, 1.54) is 29.2 Å². The van der Waals surface area contributed by atoms with Crippen LogP contribution in [-0.4, -0.2) is 30.2 Å². The fourth-order valence-electron chi connectivity index (χ4n) is 5.37. The van der Waals surface area contributed by atoms with Gasteiger partial charge < -0.3 is 4.74 Å². The van der Waals surface area contributed by atoms with Gasteiger partial charge >= 0.3 is 5.97 Å². The zero-order valence-electron chi connectivity index (χ0n) is 16.6. The van der Waals surface area contributed by atoms with Crippen molar-refractivity contribution in [2.24, 2.45) is 23.7 Å². The van der Waals surface area contributed by atoms with E-state index in [2.05, 4.69) is 0 Å². The molecule has 2 aromatic rings. The van der Waals surface area contributed by atoms with E-state index in [0.717, 1.165) is 31.4 Å². The van der Waals surface area contributed by atoms with Gasteiger partial charge in [-0.05, 0) is 73.6 Å². The number of carbonyl (C=O) groups is 4. The summed E-state index contributed by atoms with van der Waals surface area (Å²) < 4.78 is 18.1. The third-order valence-corrected chi connectivity index (χ3v) is 6.77. The predicted molar refractivity (Wildman–Crippen MR) is 108 cm³/mol. The van der Waals surface area contributed by atoms with Gasteiger partial charge in [-0.15, -0.1) is 0 Å². The quantitative estimate of drug-likeness (QED) is 0.420. The highest BCUT2D eigenvalue weighted by Gasteiger charge is 2.61. The zero-order valence-corrected chi connectivity index (χ0v) is 16.6. The Morgan fingerprint density at radius 2 is 1.58 bits per heavy atom. The summed E-state index contributed by atoms with van der Waals surface area (Å²) in [7, 11) is 0. The van der Waals surface area contributed by atoms with Crippen LogP contribution in [0, 0.1) is 29.5 Å². The molecule has 2 amide bonds. The molecule has 7 heteroatoms. The molecule has 1 saturated heterocycles. The third kappa shape index (κ3) is 3.24. The number of carbonyl (C=O) groups excluding carboxylic acids is 4. The Labute approximate surface area is 178 Å². The highest BCUT2D eigenvalue weighted by molar-refractivity contribution is 6.22. The van der Waals surface area contributed by atoms with Gasteiger partial charge in [0.2, 0.25) is 11.8 Å². The second-order valence-corrected chi connectivity index (χ2v) is 8.45. The largest absolute Gasteiger partial charge is 0.454 e. The van der Waals surface area contributed by atoms with Crippen molar-refractivity contribution >= 4 is 29.3 Å². The molecule has 0 spiro atoms. The lowest BCUT2D eigenvalue weighted by atomic mass is 9.81. The fraction of sp³-hybridized carbons (Fsp3) is 0.333. The number of ether oxygens (including phenoxy) is 1. The van der Waals surface area contributed by atoms with E-state index in [-0.39, 0.29) is 46.6 Å². The van der Waals surface area contributed by atoms with Crippen molar-refractivity contribution in [3.8, 4) is 0 Å². The summed E-state index contributed by atoms with van der Waals surface area (Å²) in [6.45, 7) is -0.496. The number of amides is 2. The van der Waals surface area contributed by atoms with Gasteiger partial charge in [0.05, 0.1) is 23.1 Å². The smallest absolute Gasteiger partial charge is 0.338 e. The summed E-state index contributed by atoms with van der Waals surface area (Å²) in [4.78, 5) is 51.8. The third-order valence-electron chi connectivity index (χ3n) is 6.77. The number of anilines is 1. The second-order valence-electron chi connectivity index (χ2n) is 8.45. The van der Waals surface area contributed by atoms with Gasteiger partial charge in [-0.3, -0.25) is 19.3 Å². The summed E-state index contributed by atoms with van der Waals surface area (Å²) >= 11 is 0. The molecule has 2 aromatic carbocycles. The highest BCUT2D eigenvalue weighted by Crippen LogP contribution is 2.56. The van der Waals surface area contributed by atoms with Gasteiger partial charge in [0.25, 0.3) is 0 Å². The maximum absolute atomic E-state index is 13.0. The summed E-state index contributed by atoms with van der Waals surface area (Å²) in [6, 6.07) is 11.1. The molecule has 4 unspecified atom stereocenters. The van der Waals surface area contributed by atoms with Crippen LogP contribution in [0.25, 0.3) is 0 Å². The normalized spacial score (nSPS) is 26.3. The second kappa shape index (κ2) is 7.41. The Kier molecular flexibility index (Phi) is 4.68. The van der Waals surface area contributed by atoms with Crippen LogP contribution < -0.4 is 4.90 Å². The number of imide groups is 1. The Morgan fingerprint density at radius 3 is 2.23 bits per heavy atom. The van der Waals surface area contributed by atoms with Crippen LogP contribution in [0.2, 0.25) is 0 Å². The summed E-state index contributed by atoms with van der Waals surface area (Å²) in [5, 5.41) is 0. The van der Waals surface area contributed by atoms with Crippen LogP contribution in [0.1, 0.15) is 40.0 Å². The number of halogens is 1. The van der Waals surface area contributed by atoms with Gasteiger partial charge in [0.15, 0.2) is 12.4 Å². The lowest BCUT2D eigenvalue weighted by Crippen LogP contribution is -2.32. The molecule has 4 atom stereocenters. The monoisotopic (exact) mass is 421 g/mol. The molecule has 1 heterocycles. The van der Waals surface area contributed by atoms with Gasteiger partial charge in [0.1, 0.15) is 5.82 Å². The average Bonchev–Trinajstić information content (AvgIpc) is 3.46. The Balaban J connectivity index is 1.29. The minimum Gasteiger partial charge on any atom is -0.454 e. The minimum atomic E-state index is -0.739. The molecule has 2 bridgehead atoms. The molecule has 6 nitrogen and oxygen atoms in total. The van der Waals surface area contributed by atoms with E-state index in [1.807, 2.05) is 0 Å². The predicted octanol–water partition coefficient (Wildman–Crippen LogP) is 3.40. The summed E-state index contributed by atoms with van der Waals surface area (Å²) in [6.07, 6.45) is 2.94. The SMILES string of the molecule is O=C(COC(=O)c1cccc(N2C(=O)C3C4CCC(C4)C3C2=O)c1)c1ccc(F)cc1. The van der Waals surface area contributed by atoms with E-state index < -0.39 is 24.2 Å². The van der Waals surface area contributed by atoms with Crippen molar-refractivity contribution in [3.63, 3.8) is 0 Å². The molecule has 0 N–H and O–H groups in total. The van der Waals surface area contributed by atoms with Crippen LogP contribution in [0.5, 0.6) is 0 Å². The fourth-order valence-corrected chi connectivity index (χ4v) is 5.37. The highest BCUT2D eigenvalue weighted by atomic mass is 19.1. The van der Waals surface area contributed by atoms with Crippen LogP contribution in [-0.2, 0) is 14.3 Å². The van der Waals surface area contributed by atoms with Crippen LogP contribution >= 0.6 is 0 Å². The summed E-state index contributed by atoms with van der Waals surface area (Å²) in [5.74, 6) is -1.95. The molecule has 158 valence electrons. The van der Waals surface area contributed by atoms with E-state index in [0.29, 0.717) is 5.69 Å². The lowest BCUT2D eigenvalue weighted by Gasteiger charge is -2.19. The zero-order chi connectivity index (χ0) is 21.7. The number of hydrogen-bond donors (Lipinski definition) is 0. The molecule has 2 saturated carbocycles. The van der Waals surface area contributed by atoms with E-state index in [1.54, 1.807) is 12.1 Å². The first-order valence-electron chi connectivity index (χ1n) is 10.4. The number of Topliss-reactive ketones (excluding diaryl/α,β-unsaturated/α-hetero) is 1. The van der Waals surface area contributed by atoms with Gasteiger partial charge in [-0.2, -0.15) is 0 Å². The first kappa shape index (κ1) is 19.6. The Morgan fingerprint density at radius 1 is 0.935 bits per heavy atom. The first-order chi connectivity index (χ1) is 14.9. The molecule has 31 heavy (non-hydrogen) atoms.